The fraction of sp³-hybridized carbons (Fsp3) is 0.923. The van der Waals surface area contributed by atoms with Gasteiger partial charge in [0.15, 0.2) is 0 Å². The number of hydrogen-bond acceptors (Lipinski definition) is 3. The summed E-state index contributed by atoms with van der Waals surface area (Å²) < 4.78 is 0. The molecule has 0 bridgehead atoms. The molecule has 4 heteroatoms. The third kappa shape index (κ3) is 19.7. The van der Waals surface area contributed by atoms with Crippen LogP contribution in [0, 0.1) is 0 Å². The van der Waals surface area contributed by atoms with Gasteiger partial charge in [-0.25, -0.2) is 0 Å². The number of carboxylic acid groups (broad SMARTS) is 1. The quantitative estimate of drug-likeness (QED) is 0.470. The van der Waals surface area contributed by atoms with Crippen LogP contribution in [0.25, 0.3) is 0 Å². The van der Waals surface area contributed by atoms with Crippen molar-refractivity contribution in [3.63, 3.8) is 0 Å². The normalized spacial score (nSPS) is 9.94. The van der Waals surface area contributed by atoms with Crippen molar-refractivity contribution >= 4 is 5.97 Å². The van der Waals surface area contributed by atoms with Gasteiger partial charge in [-0.15, -0.1) is 0 Å². The maximum atomic E-state index is 10.1. The van der Waals surface area contributed by atoms with Crippen molar-refractivity contribution < 1.29 is 68.1 Å². The Hall–Kier alpha value is 1.24. The third-order valence-electron chi connectivity index (χ3n) is 2.84. The Labute approximate surface area is 155 Å². The topological polar surface area (TPSA) is 66.2 Å². The largest absolute Gasteiger partial charge is 1.00 e. The number of unbranched alkanes of at least 4 members (excludes halogenated alkanes) is 9. The molecule has 0 saturated heterocycles. The van der Waals surface area contributed by atoms with Crippen molar-refractivity contribution in [3.05, 3.63) is 0 Å². The van der Waals surface area contributed by atoms with Gasteiger partial charge in [-0.05, 0) is 25.8 Å². The summed E-state index contributed by atoms with van der Waals surface area (Å²) >= 11 is 0. The molecule has 0 saturated carbocycles. The van der Waals surface area contributed by atoms with Gasteiger partial charge in [-0.2, -0.15) is 0 Å². The Morgan fingerprint density at radius 1 is 0.765 bits per heavy atom. The first kappa shape index (κ1) is 20.6. The van der Waals surface area contributed by atoms with Crippen LogP contribution >= 0.6 is 0 Å². The van der Waals surface area contributed by atoms with Gasteiger partial charge in [0.05, 0.1) is 0 Å². The van der Waals surface area contributed by atoms with Crippen LogP contribution in [0.5, 0.6) is 0 Å². The maximum Gasteiger partial charge on any atom is 1.00 e. The molecule has 2 N–H and O–H groups in total. The van der Waals surface area contributed by atoms with Gasteiger partial charge in [0.25, 0.3) is 0 Å². The number of carboxylic acids is 1. The molecule has 0 amide bonds. The molecule has 0 fully saturated rings. The minimum absolute atomic E-state index is 0. The van der Waals surface area contributed by atoms with E-state index >= 15 is 0 Å². The first-order valence-corrected chi connectivity index (χ1v) is 6.67. The molecule has 0 aromatic heterocycles. The van der Waals surface area contributed by atoms with E-state index in [0.717, 1.165) is 32.2 Å². The summed E-state index contributed by atoms with van der Waals surface area (Å²) in [6.45, 7) is 0.818. The molecular formula is C13H26NO2Rb. The van der Waals surface area contributed by atoms with Crippen molar-refractivity contribution in [1.82, 2.24) is 0 Å². The second-order valence-electron chi connectivity index (χ2n) is 4.45. The van der Waals surface area contributed by atoms with E-state index in [0.29, 0.717) is 0 Å². The molecule has 0 spiro atoms. The van der Waals surface area contributed by atoms with E-state index in [-0.39, 0.29) is 64.6 Å². The summed E-state index contributed by atoms with van der Waals surface area (Å²) in [6, 6.07) is 0. The van der Waals surface area contributed by atoms with Crippen LogP contribution in [0.2, 0.25) is 0 Å². The van der Waals surface area contributed by atoms with Crippen molar-refractivity contribution in [3.8, 4) is 0 Å². The summed E-state index contributed by atoms with van der Waals surface area (Å²) in [7, 11) is 0. The van der Waals surface area contributed by atoms with E-state index < -0.39 is 5.97 Å². The molecule has 0 aliphatic heterocycles. The smallest absolute Gasteiger partial charge is 0.550 e. The van der Waals surface area contributed by atoms with Crippen molar-refractivity contribution in [2.45, 2.75) is 70.6 Å². The van der Waals surface area contributed by atoms with Crippen molar-refractivity contribution in [2.75, 3.05) is 6.54 Å². The molecular weight excluding hydrogens is 288 g/mol. The summed E-state index contributed by atoms with van der Waals surface area (Å²) in [5, 5.41) is 10.1. The fourth-order valence-electron chi connectivity index (χ4n) is 1.83. The number of carbonyl (C=O) groups is 1. The average Bonchev–Trinajstić information content (AvgIpc) is 2.25. The summed E-state index contributed by atoms with van der Waals surface area (Å²) in [5.41, 5.74) is 5.41. The molecule has 0 rings (SSSR count). The van der Waals surface area contributed by atoms with Crippen LogP contribution in [0.4, 0.5) is 0 Å². The predicted octanol–water partition coefficient (Wildman–Crippen LogP) is -1.01. The van der Waals surface area contributed by atoms with Gasteiger partial charge in [-0.1, -0.05) is 51.4 Å². The molecule has 3 nitrogen and oxygen atoms in total. The Balaban J connectivity index is 0. The summed E-state index contributed by atoms with van der Waals surface area (Å²) in [5.74, 6) is -0.917. The molecule has 17 heavy (non-hydrogen) atoms. The Morgan fingerprint density at radius 3 is 1.47 bits per heavy atom. The van der Waals surface area contributed by atoms with Crippen molar-refractivity contribution in [2.24, 2.45) is 5.73 Å². The van der Waals surface area contributed by atoms with Crippen LogP contribution in [0.3, 0.4) is 0 Å². The Kier molecular flexibility index (Phi) is 20.8. The Bertz CT molecular complexity index is 165. The fourth-order valence-corrected chi connectivity index (χ4v) is 1.83. The zero-order valence-electron chi connectivity index (χ0n) is 11.4. The van der Waals surface area contributed by atoms with Crippen LogP contribution in [0.1, 0.15) is 70.6 Å². The minimum Gasteiger partial charge on any atom is -0.550 e. The van der Waals surface area contributed by atoms with E-state index in [1.165, 1.54) is 38.5 Å². The molecule has 0 aromatic rings. The molecule has 0 heterocycles. The molecule has 0 unspecified atom stereocenters. The number of aliphatic carboxylic acids is 1. The molecule has 0 aliphatic rings. The van der Waals surface area contributed by atoms with E-state index in [2.05, 4.69) is 0 Å². The van der Waals surface area contributed by atoms with Crippen LogP contribution in [-0.2, 0) is 4.79 Å². The number of rotatable bonds is 12. The van der Waals surface area contributed by atoms with Gasteiger partial charge < -0.3 is 15.6 Å². The predicted molar refractivity (Wildman–Crippen MR) is 64.8 cm³/mol. The van der Waals surface area contributed by atoms with Crippen LogP contribution in [0.15, 0.2) is 0 Å². The molecule has 96 valence electrons. The first-order valence-electron chi connectivity index (χ1n) is 6.67. The van der Waals surface area contributed by atoms with E-state index in [1.807, 2.05) is 0 Å². The van der Waals surface area contributed by atoms with E-state index in [9.17, 15) is 9.90 Å². The second-order valence-corrected chi connectivity index (χ2v) is 4.45. The average molecular weight is 314 g/mol. The SMILES string of the molecule is NCCCCCCCCCCCCC(=O)[O-].[Rb+]. The Morgan fingerprint density at radius 2 is 1.12 bits per heavy atom. The zero-order chi connectivity index (χ0) is 12.1. The number of nitrogens with two attached hydrogens (primary N) is 1. The zero-order valence-corrected chi connectivity index (χ0v) is 16.3. The molecule has 0 atom stereocenters. The third-order valence-corrected chi connectivity index (χ3v) is 2.84. The van der Waals surface area contributed by atoms with Gasteiger partial charge in [0, 0.05) is 5.97 Å². The first-order chi connectivity index (χ1) is 7.77. The molecule has 0 aliphatic carbocycles. The van der Waals surface area contributed by atoms with Gasteiger partial charge in [0.1, 0.15) is 0 Å². The molecule has 0 radical (unpaired) electrons. The van der Waals surface area contributed by atoms with Crippen LogP contribution < -0.4 is 69.0 Å². The van der Waals surface area contributed by atoms with Crippen LogP contribution in [-0.4, -0.2) is 12.5 Å². The number of hydrogen-bond donors (Lipinski definition) is 1. The standard InChI is InChI=1S/C13H27NO2.Rb/c14-12-10-8-6-4-2-1-3-5-7-9-11-13(15)16;/h1-12,14H2,(H,15,16);/q;+1/p-1. The number of carbonyl (C=O) groups excluding carboxylic acids is 1. The van der Waals surface area contributed by atoms with Gasteiger partial charge >= 0.3 is 58.2 Å². The molecule has 0 aromatic carbocycles. The van der Waals surface area contributed by atoms with E-state index in [4.69, 9.17) is 5.73 Å². The second kappa shape index (κ2) is 17.2. The monoisotopic (exact) mass is 313 g/mol. The van der Waals surface area contributed by atoms with Gasteiger partial charge in [-0.3, -0.25) is 0 Å². The maximum absolute atomic E-state index is 10.1. The minimum atomic E-state index is -0.917. The summed E-state index contributed by atoms with van der Waals surface area (Å²) in [6.07, 6.45) is 12.1. The van der Waals surface area contributed by atoms with Crippen molar-refractivity contribution in [1.29, 1.82) is 0 Å². The van der Waals surface area contributed by atoms with E-state index in [1.54, 1.807) is 0 Å². The van der Waals surface area contributed by atoms with Gasteiger partial charge in [0.2, 0.25) is 0 Å². The summed E-state index contributed by atoms with van der Waals surface area (Å²) in [4.78, 5) is 10.1.